The first-order valence-corrected chi connectivity index (χ1v) is 23.3. The van der Waals surface area contributed by atoms with E-state index in [1.54, 1.807) is 0 Å². The molecule has 9 heteroatoms. The Labute approximate surface area is 382 Å². The Morgan fingerprint density at radius 1 is 0.476 bits per heavy atom. The van der Waals surface area contributed by atoms with Crippen LogP contribution in [0.5, 0.6) is 0 Å². The van der Waals surface area contributed by atoms with Crippen molar-refractivity contribution in [2.24, 2.45) is 0 Å². The lowest BCUT2D eigenvalue weighted by molar-refractivity contribution is -0.870. The Bertz CT molecular complexity index is 1480. The molecule has 0 radical (unpaired) electrons. The zero-order valence-corrected chi connectivity index (χ0v) is 39.7. The summed E-state index contributed by atoms with van der Waals surface area (Å²) in [6.07, 6.45) is 59.5. The lowest BCUT2D eigenvalue weighted by Gasteiger charge is -2.25. The minimum atomic E-state index is -1.54. The van der Waals surface area contributed by atoms with E-state index in [4.69, 9.17) is 18.9 Å². The van der Waals surface area contributed by atoms with Gasteiger partial charge >= 0.3 is 17.9 Å². The van der Waals surface area contributed by atoms with Gasteiger partial charge in [-0.25, -0.2) is 4.79 Å². The maximum absolute atomic E-state index is 12.8. The van der Waals surface area contributed by atoms with Gasteiger partial charge < -0.3 is 28.5 Å². The highest BCUT2D eigenvalue weighted by molar-refractivity contribution is 5.71. The molecule has 0 spiro atoms. The number of esters is 2. The predicted octanol–water partition coefficient (Wildman–Crippen LogP) is 12.8. The van der Waals surface area contributed by atoms with Crippen LogP contribution in [-0.4, -0.2) is 87.4 Å². The van der Waals surface area contributed by atoms with E-state index in [2.05, 4.69) is 148 Å². The van der Waals surface area contributed by atoms with Crippen LogP contribution in [0.4, 0.5) is 0 Å². The molecule has 0 aliphatic carbocycles. The molecule has 0 aromatic heterocycles. The molecule has 0 amide bonds. The van der Waals surface area contributed by atoms with Gasteiger partial charge in [0.05, 0.1) is 34.4 Å². The number of ether oxygens (including phenoxy) is 4. The predicted molar refractivity (Wildman–Crippen MR) is 262 cm³/mol. The molecule has 1 N–H and O–H groups in total. The summed E-state index contributed by atoms with van der Waals surface area (Å²) in [7, 11) is 5.91. The van der Waals surface area contributed by atoms with E-state index in [0.717, 1.165) is 89.9 Å². The maximum Gasteiger partial charge on any atom is 0.361 e. The summed E-state index contributed by atoms with van der Waals surface area (Å²) in [4.78, 5) is 37.2. The van der Waals surface area contributed by atoms with E-state index in [9.17, 15) is 19.5 Å². The van der Waals surface area contributed by atoms with Crippen LogP contribution in [0.1, 0.15) is 129 Å². The van der Waals surface area contributed by atoms with Gasteiger partial charge in [0, 0.05) is 12.8 Å². The molecule has 0 aliphatic rings. The number of likely N-dealkylation sites (N-methyl/N-ethyl adjacent to an activating group) is 1. The molecule has 0 bridgehead atoms. The number of aliphatic carboxylic acids is 1. The van der Waals surface area contributed by atoms with Crippen molar-refractivity contribution in [2.75, 3.05) is 47.5 Å². The fourth-order valence-corrected chi connectivity index (χ4v) is 5.34. The van der Waals surface area contributed by atoms with Crippen LogP contribution < -0.4 is 0 Å². The standard InChI is InChI=1S/C54H83NO8/c1-6-8-10-12-14-16-18-20-22-24-25-26-27-29-31-33-35-37-39-41-43-45-52(57)63-50(49-62-54(53(58)59)60-47-46-55(3,4)5)48-61-51(56)44-42-40-38-36-34-32-30-28-23-21-19-17-15-13-11-9-7-2/h8-11,14-17,20-23,25-26,29-32,35-38,50,54H,6-7,12-13,18-19,24,27-28,33-34,39-49H2,1-5H3/p+1/b10-8-,11-9-,16-14-,17-15-,22-20-,23-21-,26-25-,31-29-,32-30-,37-35-,38-36-. The summed E-state index contributed by atoms with van der Waals surface area (Å²) in [6, 6.07) is 0. The number of allylic oxidation sites excluding steroid dienone is 22. The molecule has 0 aromatic rings. The van der Waals surface area contributed by atoms with Crippen molar-refractivity contribution >= 4 is 17.9 Å². The molecule has 0 rings (SSSR count). The van der Waals surface area contributed by atoms with E-state index in [1.807, 2.05) is 21.1 Å². The topological polar surface area (TPSA) is 108 Å². The number of carbonyl (C=O) groups is 3. The van der Waals surface area contributed by atoms with Crippen LogP contribution in [0.25, 0.3) is 0 Å². The van der Waals surface area contributed by atoms with Gasteiger partial charge in [-0.15, -0.1) is 0 Å². The van der Waals surface area contributed by atoms with E-state index in [0.29, 0.717) is 23.9 Å². The second-order valence-electron chi connectivity index (χ2n) is 15.9. The second kappa shape index (κ2) is 44.1. The van der Waals surface area contributed by atoms with Gasteiger partial charge in [-0.3, -0.25) is 9.59 Å². The monoisotopic (exact) mass is 875 g/mol. The highest BCUT2D eigenvalue weighted by atomic mass is 16.7. The highest BCUT2D eigenvalue weighted by Gasteiger charge is 2.25. The van der Waals surface area contributed by atoms with Crippen molar-refractivity contribution in [3.05, 3.63) is 134 Å². The zero-order valence-electron chi connectivity index (χ0n) is 39.7. The zero-order chi connectivity index (χ0) is 46.3. The molecule has 0 saturated heterocycles. The molecule has 0 fully saturated rings. The molecule has 0 saturated carbocycles. The smallest absolute Gasteiger partial charge is 0.361 e. The number of quaternary nitrogens is 1. The summed E-state index contributed by atoms with van der Waals surface area (Å²) in [6.45, 7) is 4.48. The van der Waals surface area contributed by atoms with E-state index >= 15 is 0 Å². The Kier molecular flexibility index (Phi) is 40.9. The van der Waals surface area contributed by atoms with Crippen molar-refractivity contribution in [3.63, 3.8) is 0 Å². The highest BCUT2D eigenvalue weighted by Crippen LogP contribution is 2.09. The normalized spacial score (nSPS) is 14.1. The van der Waals surface area contributed by atoms with Crippen LogP contribution in [0.3, 0.4) is 0 Å². The lowest BCUT2D eigenvalue weighted by Crippen LogP contribution is -2.40. The summed E-state index contributed by atoms with van der Waals surface area (Å²) in [5.41, 5.74) is 0. The number of unbranched alkanes of at least 4 members (excludes halogenated alkanes) is 3. The number of carbonyl (C=O) groups excluding carboxylic acids is 2. The molecule has 9 nitrogen and oxygen atoms in total. The molecule has 63 heavy (non-hydrogen) atoms. The van der Waals surface area contributed by atoms with Gasteiger partial charge in [0.15, 0.2) is 6.10 Å². The van der Waals surface area contributed by atoms with Crippen molar-refractivity contribution in [1.29, 1.82) is 0 Å². The van der Waals surface area contributed by atoms with Gasteiger partial charge in [0.1, 0.15) is 13.2 Å². The summed E-state index contributed by atoms with van der Waals surface area (Å²) in [5, 5.41) is 9.65. The Balaban J connectivity index is 4.63. The molecular weight excluding hydrogens is 791 g/mol. The number of nitrogens with zero attached hydrogens (tertiary/aromatic N) is 1. The number of carboxylic acid groups (broad SMARTS) is 1. The van der Waals surface area contributed by atoms with Gasteiger partial charge in [-0.05, 0) is 103 Å². The fourth-order valence-electron chi connectivity index (χ4n) is 5.34. The van der Waals surface area contributed by atoms with Crippen LogP contribution in [0.15, 0.2) is 134 Å². The third kappa shape index (κ3) is 45.3. The first kappa shape index (κ1) is 58.4. The first-order chi connectivity index (χ1) is 30.6. The third-order valence-electron chi connectivity index (χ3n) is 8.90. The average molecular weight is 875 g/mol. The van der Waals surface area contributed by atoms with Gasteiger partial charge in [-0.1, -0.05) is 148 Å². The van der Waals surface area contributed by atoms with Crippen LogP contribution in [0.2, 0.25) is 0 Å². The first-order valence-electron chi connectivity index (χ1n) is 23.3. The third-order valence-corrected chi connectivity index (χ3v) is 8.90. The molecule has 0 heterocycles. The van der Waals surface area contributed by atoms with Crippen molar-refractivity contribution in [2.45, 2.75) is 142 Å². The minimum absolute atomic E-state index is 0.161. The van der Waals surface area contributed by atoms with E-state index < -0.39 is 30.3 Å². The molecule has 2 atom stereocenters. The molecule has 2 unspecified atom stereocenters. The second-order valence-corrected chi connectivity index (χ2v) is 15.9. The van der Waals surface area contributed by atoms with Crippen LogP contribution >= 0.6 is 0 Å². The van der Waals surface area contributed by atoms with Gasteiger partial charge in [0.2, 0.25) is 0 Å². The Morgan fingerprint density at radius 2 is 0.857 bits per heavy atom. The fraction of sp³-hybridized carbons (Fsp3) is 0.537. The van der Waals surface area contributed by atoms with Crippen molar-refractivity contribution < 1.29 is 42.9 Å². The summed E-state index contributed by atoms with van der Waals surface area (Å²) < 4.78 is 22.6. The van der Waals surface area contributed by atoms with E-state index in [-0.39, 0.29) is 32.7 Å². The molecule has 0 aliphatic heterocycles. The number of hydrogen-bond donors (Lipinski definition) is 1. The molecule has 352 valence electrons. The van der Waals surface area contributed by atoms with E-state index in [1.165, 1.54) is 0 Å². The Morgan fingerprint density at radius 3 is 1.25 bits per heavy atom. The van der Waals surface area contributed by atoms with Crippen molar-refractivity contribution in [3.8, 4) is 0 Å². The summed E-state index contributed by atoms with van der Waals surface area (Å²) >= 11 is 0. The molecular formula is C54H84NO8+. The molecule has 0 aromatic carbocycles. The lowest BCUT2D eigenvalue weighted by atomic mass is 10.2. The summed E-state index contributed by atoms with van der Waals surface area (Å²) in [5.74, 6) is -2.17. The van der Waals surface area contributed by atoms with Crippen LogP contribution in [0, 0.1) is 0 Å². The minimum Gasteiger partial charge on any atom is -0.477 e. The quantitative estimate of drug-likeness (QED) is 0.0213. The Hall–Kier alpha value is -4.57. The average Bonchev–Trinajstić information content (AvgIpc) is 3.24. The van der Waals surface area contributed by atoms with Crippen LogP contribution in [-0.2, 0) is 33.3 Å². The maximum atomic E-state index is 12.8. The number of rotatable bonds is 40. The van der Waals surface area contributed by atoms with Gasteiger partial charge in [-0.2, -0.15) is 0 Å². The largest absolute Gasteiger partial charge is 0.477 e. The number of carboxylic acids is 1. The number of hydrogen-bond acceptors (Lipinski definition) is 7. The van der Waals surface area contributed by atoms with Crippen molar-refractivity contribution in [1.82, 2.24) is 0 Å². The SMILES string of the molecule is CC/C=C\C/C=C\C/C=C\C/C=C\C/C=C\C/C=C\CCCCC(=O)OC(COC(=O)CCC/C=C\C/C=C\C/C=C\C/C=C\C/C=C\CC)COC(OCC[N+](C)(C)C)C(=O)O. The van der Waals surface area contributed by atoms with Gasteiger partial charge in [0.25, 0.3) is 6.29 Å².